The number of amides is 1. The highest BCUT2D eigenvalue weighted by atomic mass is 79.9. The summed E-state index contributed by atoms with van der Waals surface area (Å²) in [5.74, 6) is -0.565. The highest BCUT2D eigenvalue weighted by Gasteiger charge is 2.17. The molecule has 0 saturated carbocycles. The molecule has 2 aromatic heterocycles. The van der Waals surface area contributed by atoms with Gasteiger partial charge in [0.25, 0.3) is 0 Å². The minimum absolute atomic E-state index is 0.000270. The maximum atomic E-state index is 12.0. The van der Waals surface area contributed by atoms with Gasteiger partial charge < -0.3 is 9.67 Å². The highest BCUT2D eigenvalue weighted by Crippen LogP contribution is 2.40. The largest absolute Gasteiger partial charge is 0.493 e. The van der Waals surface area contributed by atoms with E-state index in [4.69, 9.17) is 0 Å². The number of nitrogens with zero attached hydrogens (tertiary/aromatic N) is 4. The lowest BCUT2D eigenvalue weighted by atomic mass is 10.2. The number of fused-ring (bicyclic) bond motifs is 1. The zero-order valence-corrected chi connectivity index (χ0v) is 14.8. The number of azo groups is 1. The molecule has 0 bridgehead atoms. The van der Waals surface area contributed by atoms with Gasteiger partial charge in [-0.05, 0) is 37.6 Å². The molecule has 0 radical (unpaired) electrons. The van der Waals surface area contributed by atoms with Crippen LogP contribution in [-0.2, 0) is 6.54 Å². The molecular weight excluding hydrogens is 374 g/mol. The van der Waals surface area contributed by atoms with Crippen LogP contribution in [0, 0.1) is 6.92 Å². The van der Waals surface area contributed by atoms with E-state index >= 15 is 0 Å². The van der Waals surface area contributed by atoms with Crippen molar-refractivity contribution < 1.29 is 9.90 Å². The van der Waals surface area contributed by atoms with E-state index in [2.05, 4.69) is 36.4 Å². The number of rotatable bonds is 4. The summed E-state index contributed by atoms with van der Waals surface area (Å²) in [5, 5.41) is 25.5. The van der Waals surface area contributed by atoms with Gasteiger partial charge in [0.1, 0.15) is 0 Å². The van der Waals surface area contributed by atoms with Gasteiger partial charge in [-0.1, -0.05) is 22.9 Å². The lowest BCUT2D eigenvalue weighted by molar-refractivity contribution is 0.0990. The molecule has 0 fully saturated rings. The number of halogens is 1. The van der Waals surface area contributed by atoms with Crippen molar-refractivity contribution in [1.82, 2.24) is 14.8 Å². The van der Waals surface area contributed by atoms with Crippen LogP contribution in [0.25, 0.3) is 10.9 Å². The van der Waals surface area contributed by atoms with Crippen molar-refractivity contribution in [1.29, 1.82) is 0 Å². The molecule has 124 valence electrons. The second-order valence-corrected chi connectivity index (χ2v) is 6.34. The van der Waals surface area contributed by atoms with Crippen molar-refractivity contribution in [3.63, 3.8) is 0 Å². The Kier molecular flexibility index (Phi) is 4.48. The number of carbonyl (C=O) groups is 1. The normalized spacial score (nSPS) is 11.6. The van der Waals surface area contributed by atoms with Gasteiger partial charge in [-0.25, -0.2) is 0 Å². The topological polar surface area (TPSA) is 95.6 Å². The maximum Gasteiger partial charge on any atom is 0.315 e. The average Bonchev–Trinajstić information content (AvgIpc) is 3.09. The number of aromatic amines is 1. The Balaban J connectivity index is 2.05. The number of H-pyrrole nitrogens is 1. The zero-order chi connectivity index (χ0) is 17.3. The van der Waals surface area contributed by atoms with Gasteiger partial charge in [-0.15, -0.1) is 10.2 Å². The molecule has 8 heteroatoms. The molecular formula is C16H16BrN5O2. The smallest absolute Gasteiger partial charge is 0.315 e. The fourth-order valence-corrected chi connectivity index (χ4v) is 2.88. The molecule has 1 amide bonds. The SMILES string of the molecule is CCCn1c(O)c(N=NC(=O)c2cc(C)[nH]n2)c2cc(Br)ccc21. The van der Waals surface area contributed by atoms with Crippen LogP contribution >= 0.6 is 15.9 Å². The van der Waals surface area contributed by atoms with Gasteiger partial charge in [0.05, 0.1) is 5.52 Å². The monoisotopic (exact) mass is 389 g/mol. The van der Waals surface area contributed by atoms with Gasteiger partial charge in [0.15, 0.2) is 11.4 Å². The van der Waals surface area contributed by atoms with E-state index in [1.54, 1.807) is 17.6 Å². The Morgan fingerprint density at radius 3 is 2.88 bits per heavy atom. The van der Waals surface area contributed by atoms with Crippen molar-refractivity contribution in [2.75, 3.05) is 0 Å². The van der Waals surface area contributed by atoms with Crippen molar-refractivity contribution in [3.8, 4) is 5.88 Å². The van der Waals surface area contributed by atoms with Crippen molar-refractivity contribution in [2.45, 2.75) is 26.8 Å². The number of benzene rings is 1. The van der Waals surface area contributed by atoms with E-state index in [0.717, 1.165) is 27.5 Å². The quantitative estimate of drug-likeness (QED) is 0.643. The third-order valence-corrected chi connectivity index (χ3v) is 4.08. The van der Waals surface area contributed by atoms with Gasteiger partial charge in [0, 0.05) is 22.1 Å². The zero-order valence-electron chi connectivity index (χ0n) is 13.2. The van der Waals surface area contributed by atoms with Crippen LogP contribution < -0.4 is 0 Å². The highest BCUT2D eigenvalue weighted by molar-refractivity contribution is 9.10. The second kappa shape index (κ2) is 6.56. The molecule has 7 nitrogen and oxygen atoms in total. The van der Waals surface area contributed by atoms with Gasteiger partial charge >= 0.3 is 5.91 Å². The summed E-state index contributed by atoms with van der Waals surface area (Å²) in [4.78, 5) is 12.0. The van der Waals surface area contributed by atoms with Crippen LogP contribution in [-0.4, -0.2) is 25.8 Å². The molecule has 24 heavy (non-hydrogen) atoms. The summed E-state index contributed by atoms with van der Waals surface area (Å²) in [7, 11) is 0. The van der Waals surface area contributed by atoms with E-state index in [-0.39, 0.29) is 17.3 Å². The predicted octanol–water partition coefficient (Wildman–Crippen LogP) is 4.48. The summed E-state index contributed by atoms with van der Waals surface area (Å²) in [6.07, 6.45) is 0.857. The minimum atomic E-state index is -0.565. The molecule has 0 aliphatic carbocycles. The third kappa shape index (κ3) is 2.96. The molecule has 0 atom stereocenters. The number of aromatic hydroxyl groups is 1. The minimum Gasteiger partial charge on any atom is -0.493 e. The third-order valence-electron chi connectivity index (χ3n) is 3.59. The molecule has 0 unspecified atom stereocenters. The van der Waals surface area contributed by atoms with Crippen LogP contribution in [0.15, 0.2) is 39.0 Å². The van der Waals surface area contributed by atoms with Gasteiger partial charge in [-0.3, -0.25) is 9.89 Å². The van der Waals surface area contributed by atoms with E-state index in [0.29, 0.717) is 6.54 Å². The van der Waals surface area contributed by atoms with Crippen LogP contribution in [0.5, 0.6) is 5.88 Å². The lowest BCUT2D eigenvalue weighted by Gasteiger charge is -2.03. The van der Waals surface area contributed by atoms with Crippen LogP contribution in [0.3, 0.4) is 0 Å². The summed E-state index contributed by atoms with van der Waals surface area (Å²) in [6, 6.07) is 7.23. The number of carbonyl (C=O) groups excluding carboxylic acids is 1. The summed E-state index contributed by atoms with van der Waals surface area (Å²) < 4.78 is 2.62. The molecule has 0 aliphatic rings. The maximum absolute atomic E-state index is 12.0. The van der Waals surface area contributed by atoms with Crippen LogP contribution in [0.4, 0.5) is 5.69 Å². The first-order valence-electron chi connectivity index (χ1n) is 7.50. The standard InChI is InChI=1S/C16H16BrN5O2/c1-3-6-22-13-5-4-10(17)8-11(13)14(16(22)24)20-21-15(23)12-7-9(2)18-19-12/h4-5,7-8,24H,3,6H2,1-2H3,(H,18,19). The molecule has 1 aromatic carbocycles. The van der Waals surface area contributed by atoms with E-state index in [9.17, 15) is 9.90 Å². The second-order valence-electron chi connectivity index (χ2n) is 5.43. The fourth-order valence-electron chi connectivity index (χ4n) is 2.52. The average molecular weight is 390 g/mol. The van der Waals surface area contributed by atoms with Crippen LogP contribution in [0.2, 0.25) is 0 Å². The Morgan fingerprint density at radius 2 is 2.21 bits per heavy atom. The molecule has 2 heterocycles. The van der Waals surface area contributed by atoms with Crippen molar-refractivity contribution in [3.05, 3.63) is 40.1 Å². The number of hydrogen-bond donors (Lipinski definition) is 2. The Hall–Kier alpha value is -2.48. The lowest BCUT2D eigenvalue weighted by Crippen LogP contribution is -1.95. The first-order chi connectivity index (χ1) is 11.5. The number of nitrogens with one attached hydrogen (secondary N) is 1. The summed E-state index contributed by atoms with van der Waals surface area (Å²) >= 11 is 3.41. The van der Waals surface area contributed by atoms with Crippen LogP contribution in [0.1, 0.15) is 29.5 Å². The molecule has 3 aromatic rings. The Labute approximate surface area is 146 Å². The number of hydrogen-bond acceptors (Lipinski definition) is 4. The van der Waals surface area contributed by atoms with E-state index in [1.165, 1.54) is 0 Å². The molecule has 0 saturated heterocycles. The molecule has 0 aliphatic heterocycles. The van der Waals surface area contributed by atoms with Gasteiger partial charge in [0.2, 0.25) is 5.88 Å². The number of aryl methyl sites for hydroxylation is 2. The summed E-state index contributed by atoms with van der Waals surface area (Å²) in [6.45, 7) is 4.46. The molecule has 2 N–H and O–H groups in total. The predicted molar refractivity (Wildman–Crippen MR) is 93.8 cm³/mol. The molecule has 0 spiro atoms. The Bertz CT molecular complexity index is 941. The van der Waals surface area contributed by atoms with Crippen molar-refractivity contribution in [2.24, 2.45) is 10.2 Å². The van der Waals surface area contributed by atoms with E-state index in [1.807, 2.05) is 25.1 Å². The Morgan fingerprint density at radius 1 is 1.42 bits per heavy atom. The molecule has 3 rings (SSSR count). The first kappa shape index (κ1) is 16.4. The van der Waals surface area contributed by atoms with E-state index < -0.39 is 5.91 Å². The first-order valence-corrected chi connectivity index (χ1v) is 8.29. The summed E-state index contributed by atoms with van der Waals surface area (Å²) in [5.41, 5.74) is 2.07. The van der Waals surface area contributed by atoms with Gasteiger partial charge in [-0.2, -0.15) is 5.10 Å². The fraction of sp³-hybridized carbons (Fsp3) is 0.250. The van der Waals surface area contributed by atoms with Crippen molar-refractivity contribution >= 4 is 38.4 Å². The number of aromatic nitrogens is 3.